The number of amides is 4. The lowest BCUT2D eigenvalue weighted by Crippen LogP contribution is -2.52. The molecule has 4 aromatic carbocycles. The van der Waals surface area contributed by atoms with Crippen LogP contribution in [-0.2, 0) is 35.7 Å². The van der Waals surface area contributed by atoms with Crippen molar-refractivity contribution in [3.63, 3.8) is 0 Å². The number of anilines is 3. The van der Waals surface area contributed by atoms with Crippen molar-refractivity contribution in [3.05, 3.63) is 119 Å². The molecule has 4 amide bonds. The van der Waals surface area contributed by atoms with Gasteiger partial charge in [-0.15, -0.1) is 5.92 Å². The van der Waals surface area contributed by atoms with Crippen molar-refractivity contribution in [2.24, 2.45) is 11.8 Å². The van der Waals surface area contributed by atoms with Crippen molar-refractivity contribution < 1.29 is 36.7 Å². The molecule has 18 heteroatoms. The van der Waals surface area contributed by atoms with E-state index < -0.39 is 10.0 Å². The number of hydrogen-bond acceptors (Lipinski definition) is 11. The van der Waals surface area contributed by atoms with Crippen LogP contribution in [0.3, 0.4) is 0 Å². The smallest absolute Gasteiger partial charge is 0.410 e. The molecule has 478 valence electrons. The van der Waals surface area contributed by atoms with Gasteiger partial charge in [0.2, 0.25) is 0 Å². The fourth-order valence-corrected chi connectivity index (χ4v) is 19.0. The summed E-state index contributed by atoms with van der Waals surface area (Å²) in [4.78, 5) is 52.1. The first-order valence-electron chi connectivity index (χ1n) is 33.3. The number of para-hydroxylation sites is 1. The normalized spacial score (nSPS) is 24.4. The number of carbonyl (C=O) groups is 3. The third-order valence-corrected chi connectivity index (χ3v) is 24.2. The number of hydrogen-bond donors (Lipinski definition) is 1. The van der Waals surface area contributed by atoms with E-state index in [9.17, 15) is 27.2 Å². The Balaban J connectivity index is 0.000000131. The van der Waals surface area contributed by atoms with Gasteiger partial charge in [-0.05, 0) is 215 Å². The van der Waals surface area contributed by atoms with Crippen LogP contribution in [0, 0.1) is 36.4 Å². The molecule has 4 aromatic rings. The summed E-state index contributed by atoms with van der Waals surface area (Å²) < 4.78 is 53.4. The number of likely N-dealkylation sites (tertiary alicyclic amines) is 5. The van der Waals surface area contributed by atoms with E-state index in [-0.39, 0.29) is 41.5 Å². The molecule has 5 saturated heterocycles. The zero-order valence-electron chi connectivity index (χ0n) is 53.3. The zero-order valence-corrected chi connectivity index (χ0v) is 54.1. The summed E-state index contributed by atoms with van der Waals surface area (Å²) in [5.74, 6) is 7.10. The van der Waals surface area contributed by atoms with Crippen LogP contribution in [0.1, 0.15) is 126 Å². The Morgan fingerprint density at radius 3 is 1.81 bits per heavy atom. The number of nitrogens with one attached hydrogen (secondary N) is 1. The first-order chi connectivity index (χ1) is 43.0. The lowest BCUT2D eigenvalue weighted by molar-refractivity contribution is 0.0583. The highest BCUT2D eigenvalue weighted by Gasteiger charge is 2.52. The topological polar surface area (TPSA) is 142 Å². The molecule has 1 N–H and O–H groups in total. The Morgan fingerprint density at radius 1 is 0.640 bits per heavy atom. The fraction of sp³-hybridized carbons (Fsp3) is 0.592. The number of halogens is 1. The minimum absolute atomic E-state index is 0.0582. The minimum atomic E-state index is -3.56. The van der Waals surface area contributed by atoms with E-state index in [1.165, 1.54) is 80.1 Å². The minimum Gasteiger partial charge on any atom is -0.450 e. The Hall–Kier alpha value is -6.39. The third kappa shape index (κ3) is 12.7. The second-order valence-corrected chi connectivity index (χ2v) is 29.3. The second kappa shape index (κ2) is 26.4. The highest BCUT2D eigenvalue weighted by atomic mass is 32.2. The molecule has 0 aromatic heterocycles. The SMILES string of the molecule is CC#CCOC(=O)N1CCC(N2CCC3(CC2)CN(C(=O)N(C)C)c2ccc(F)cc23)CC1.CCOC(=O)N1CCC(N2CCC3(CC2)CNc2ccccc23)CC1.Cc1ccc2c(c1)C1(CCN(C3CC4CCC3C4)CC1)CN2S(=O)(=O)c1ccccc1. The molecule has 0 radical (unpaired) electrons. The second-order valence-electron chi connectivity index (χ2n) is 27.5. The maximum Gasteiger partial charge on any atom is 0.410 e. The lowest BCUT2D eigenvalue weighted by Gasteiger charge is -2.45. The molecule has 10 aliphatic rings. The summed E-state index contributed by atoms with van der Waals surface area (Å²) in [7, 11) is -0.0597. The predicted octanol–water partition coefficient (Wildman–Crippen LogP) is 11.1. The predicted molar refractivity (Wildman–Crippen MR) is 348 cm³/mol. The quantitative estimate of drug-likeness (QED) is 0.177. The van der Waals surface area contributed by atoms with Gasteiger partial charge in [0, 0.05) is 106 Å². The number of urea groups is 1. The van der Waals surface area contributed by atoms with Crippen LogP contribution in [0.25, 0.3) is 0 Å². The molecular formula is C71H94FN9O7S. The molecular weight excluding hydrogens is 1140 g/mol. The van der Waals surface area contributed by atoms with Gasteiger partial charge in [-0.2, -0.15) is 0 Å². The van der Waals surface area contributed by atoms with Crippen LogP contribution in [0.15, 0.2) is 95.9 Å². The van der Waals surface area contributed by atoms with E-state index in [1.807, 2.05) is 36.1 Å². The number of fused-ring (bicyclic) bond motifs is 8. The van der Waals surface area contributed by atoms with Crippen molar-refractivity contribution in [2.75, 3.05) is 127 Å². The lowest BCUT2D eigenvalue weighted by atomic mass is 9.73. The molecule has 2 saturated carbocycles. The zero-order chi connectivity index (χ0) is 62.1. The van der Waals surface area contributed by atoms with Gasteiger partial charge in [-0.25, -0.2) is 27.2 Å². The van der Waals surface area contributed by atoms with E-state index in [0.717, 1.165) is 132 Å². The number of benzene rings is 4. The van der Waals surface area contributed by atoms with E-state index in [1.54, 1.807) is 64.3 Å². The molecule has 14 rings (SSSR count). The van der Waals surface area contributed by atoms with E-state index >= 15 is 0 Å². The first kappa shape index (κ1) is 62.8. The highest BCUT2D eigenvalue weighted by Crippen LogP contribution is 2.53. The number of nitrogens with zero attached hydrogens (tertiary/aromatic N) is 8. The van der Waals surface area contributed by atoms with Gasteiger partial charge >= 0.3 is 18.2 Å². The summed E-state index contributed by atoms with van der Waals surface area (Å²) in [6.45, 7) is 17.9. The van der Waals surface area contributed by atoms with Gasteiger partial charge in [0.05, 0.1) is 17.2 Å². The van der Waals surface area contributed by atoms with Gasteiger partial charge < -0.3 is 44.2 Å². The Bertz CT molecular complexity index is 3350. The van der Waals surface area contributed by atoms with Crippen molar-refractivity contribution in [2.45, 2.75) is 150 Å². The standard InChI is InChI=1S/C26H32N2O2S.C25H33FN4O3.C20H29N3O2/c1-19-7-10-24-23(15-19)26(18-28(24)31(29,30)22-5-3-2-4-6-22)11-13-27(14-12-26)25-17-20-8-9-21(25)16-20;1-4-5-16-33-24(32)29-12-8-20(9-13-29)28-14-10-25(11-15-28)18-30(23(31)27(2)3)22-7-6-19(26)17-21(22)25;1-2-25-19(24)23-11-7-16(8-12-23)22-13-9-20(10-14-22)15-21-18-6-4-3-5-17(18)20/h2-7,10,15,20-21,25H,8-9,11-14,16-18H2,1H3;6-7,17,20H,8-16,18H2,1-3H3;3-6,16,21H,2,7-15H2,1H3. The van der Waals surface area contributed by atoms with E-state index in [0.29, 0.717) is 55.2 Å². The molecule has 3 atom stereocenters. The van der Waals surface area contributed by atoms with Gasteiger partial charge in [-0.3, -0.25) is 9.21 Å². The number of rotatable bonds is 7. The van der Waals surface area contributed by atoms with Crippen LogP contribution < -0.4 is 14.5 Å². The maximum atomic E-state index is 14.2. The average molecular weight is 1240 g/mol. The van der Waals surface area contributed by atoms with Crippen LogP contribution >= 0.6 is 0 Å². The van der Waals surface area contributed by atoms with Crippen LogP contribution in [0.4, 0.5) is 35.8 Å². The summed E-state index contributed by atoms with van der Waals surface area (Å²) >= 11 is 0. The summed E-state index contributed by atoms with van der Waals surface area (Å²) in [6.07, 6.45) is 15.6. The number of ether oxygens (including phenoxy) is 2. The number of sulfonamides is 1. The number of aryl methyl sites for hydroxylation is 1. The molecule has 16 nitrogen and oxygen atoms in total. The molecule has 3 spiro atoms. The average Bonchev–Trinajstić information content (AvgIpc) is 1.62. The van der Waals surface area contributed by atoms with Crippen LogP contribution in [0.2, 0.25) is 0 Å². The molecule has 8 heterocycles. The van der Waals surface area contributed by atoms with Crippen LogP contribution in [-0.4, -0.2) is 187 Å². The summed E-state index contributed by atoms with van der Waals surface area (Å²) in [5, 5.41) is 3.61. The first-order valence-corrected chi connectivity index (χ1v) is 34.7. The Labute approximate surface area is 528 Å². The number of carbonyl (C=O) groups excluding carboxylic acids is 3. The van der Waals surface area contributed by atoms with Crippen LogP contribution in [0.5, 0.6) is 0 Å². The summed E-state index contributed by atoms with van der Waals surface area (Å²) in [5.41, 5.74) is 8.08. The molecule has 8 aliphatic heterocycles. The molecule has 2 bridgehead atoms. The van der Waals surface area contributed by atoms with Crippen molar-refractivity contribution in [3.8, 4) is 11.8 Å². The van der Waals surface area contributed by atoms with E-state index in [2.05, 4.69) is 75.2 Å². The summed E-state index contributed by atoms with van der Waals surface area (Å²) in [6, 6.07) is 30.6. The van der Waals surface area contributed by atoms with Gasteiger partial charge in [0.15, 0.2) is 6.61 Å². The highest BCUT2D eigenvalue weighted by molar-refractivity contribution is 7.92. The molecule has 3 unspecified atom stereocenters. The maximum absolute atomic E-state index is 14.2. The largest absolute Gasteiger partial charge is 0.450 e. The molecule has 89 heavy (non-hydrogen) atoms. The third-order valence-electron chi connectivity index (χ3n) is 22.4. The molecule has 2 aliphatic carbocycles. The number of piperidine rings is 5. The fourth-order valence-electron chi connectivity index (χ4n) is 17.4. The van der Waals surface area contributed by atoms with Crippen molar-refractivity contribution >= 4 is 45.3 Å². The Morgan fingerprint density at radius 2 is 1.21 bits per heavy atom. The van der Waals surface area contributed by atoms with Gasteiger partial charge in [-0.1, -0.05) is 66.4 Å². The van der Waals surface area contributed by atoms with Crippen molar-refractivity contribution in [1.29, 1.82) is 0 Å². The van der Waals surface area contributed by atoms with Gasteiger partial charge in [0.1, 0.15) is 5.82 Å². The van der Waals surface area contributed by atoms with Crippen molar-refractivity contribution in [1.82, 2.24) is 29.4 Å². The monoisotopic (exact) mass is 1240 g/mol. The Kier molecular flexibility index (Phi) is 18.7. The molecule has 7 fully saturated rings. The van der Waals surface area contributed by atoms with E-state index in [4.69, 9.17) is 9.47 Å². The van der Waals surface area contributed by atoms with Gasteiger partial charge in [0.25, 0.3) is 10.0 Å².